The number of likely N-dealkylation sites (N-methyl/N-ethyl adjacent to an activating group) is 1. The molecule has 0 spiro atoms. The lowest BCUT2D eigenvalue weighted by atomic mass is 9.72. The van der Waals surface area contributed by atoms with Gasteiger partial charge in [0.2, 0.25) is 0 Å². The number of anilines is 1. The maximum absolute atomic E-state index is 14.0. The monoisotopic (exact) mass is 669 g/mol. The zero-order valence-corrected chi connectivity index (χ0v) is 27.4. The van der Waals surface area contributed by atoms with E-state index in [1.165, 1.54) is 0 Å². The first-order chi connectivity index (χ1) is 21.7. The Labute approximate surface area is 272 Å². The van der Waals surface area contributed by atoms with Gasteiger partial charge >= 0.3 is 5.97 Å². The standard InChI is InChI=1S/C34H37BBrN5O4/c1-38(37-26-14-8-4-9-15-26)30(28(35)23-42)24-45-33(44)34(25-12-6-3-7-13-25)18-20-40(21-19-34)22-29-31(36)32(43)41(39(29)2)27-16-10-5-11-17-27/h3-17,23,37H,18-22,24,35H2,1-2H3/b30-28+. The third-order valence-electron chi connectivity index (χ3n) is 8.57. The van der Waals surface area contributed by atoms with Crippen molar-refractivity contribution in [2.45, 2.75) is 24.8 Å². The molecule has 1 aliphatic heterocycles. The van der Waals surface area contributed by atoms with E-state index >= 15 is 0 Å². The number of rotatable bonds is 11. The fraction of sp³-hybridized carbons (Fsp3) is 0.265. The number of piperidine rings is 1. The highest BCUT2D eigenvalue weighted by Crippen LogP contribution is 2.38. The molecule has 1 fully saturated rings. The average molecular weight is 670 g/mol. The van der Waals surface area contributed by atoms with Crippen molar-refractivity contribution in [1.29, 1.82) is 0 Å². The van der Waals surface area contributed by atoms with Crippen LogP contribution in [0.5, 0.6) is 0 Å². The van der Waals surface area contributed by atoms with E-state index in [4.69, 9.17) is 4.74 Å². The predicted molar refractivity (Wildman–Crippen MR) is 182 cm³/mol. The van der Waals surface area contributed by atoms with Crippen LogP contribution in [0.25, 0.3) is 5.69 Å². The Morgan fingerprint density at radius 1 is 1.00 bits per heavy atom. The zero-order valence-electron chi connectivity index (χ0n) is 25.8. The van der Waals surface area contributed by atoms with Crippen molar-refractivity contribution in [2.75, 3.05) is 32.2 Å². The number of aldehydes is 1. The van der Waals surface area contributed by atoms with E-state index < -0.39 is 5.41 Å². The molecule has 0 saturated carbocycles. The molecule has 5 rings (SSSR count). The summed E-state index contributed by atoms with van der Waals surface area (Å²) in [5.74, 6) is -0.318. The molecule has 9 nitrogen and oxygen atoms in total. The topological polar surface area (TPSA) is 88.8 Å². The molecule has 1 aromatic heterocycles. The first-order valence-electron chi connectivity index (χ1n) is 14.9. The predicted octanol–water partition coefficient (Wildman–Crippen LogP) is 4.02. The highest BCUT2D eigenvalue weighted by atomic mass is 79.9. The highest BCUT2D eigenvalue weighted by Gasteiger charge is 2.44. The number of carbonyl (C=O) groups is 2. The number of hydrogen-bond acceptors (Lipinski definition) is 7. The smallest absolute Gasteiger partial charge is 0.317 e. The number of carbonyl (C=O) groups excluding carboxylic acids is 2. The molecule has 1 aliphatic rings. The second kappa shape index (κ2) is 14.2. The van der Waals surface area contributed by atoms with Crippen molar-refractivity contribution >= 4 is 41.7 Å². The van der Waals surface area contributed by atoms with Gasteiger partial charge in [-0.15, -0.1) is 0 Å². The molecule has 0 unspecified atom stereocenters. The Morgan fingerprint density at radius 2 is 1.58 bits per heavy atom. The van der Waals surface area contributed by atoms with Gasteiger partial charge in [-0.2, -0.15) is 0 Å². The van der Waals surface area contributed by atoms with Crippen molar-refractivity contribution in [3.05, 3.63) is 128 Å². The third-order valence-corrected chi connectivity index (χ3v) is 9.37. The average Bonchev–Trinajstić information content (AvgIpc) is 3.28. The molecular formula is C34H37BBrN5O4. The molecule has 2 heterocycles. The van der Waals surface area contributed by atoms with Gasteiger partial charge in [0.05, 0.1) is 28.2 Å². The van der Waals surface area contributed by atoms with Crippen LogP contribution in [0.3, 0.4) is 0 Å². The molecule has 232 valence electrons. The van der Waals surface area contributed by atoms with Gasteiger partial charge in [-0.05, 0) is 77.2 Å². The second-order valence-corrected chi connectivity index (χ2v) is 12.1. The third kappa shape index (κ3) is 6.84. The number of hydrogen-bond donors (Lipinski definition) is 1. The molecule has 0 aliphatic carbocycles. The molecule has 4 aromatic rings. The summed E-state index contributed by atoms with van der Waals surface area (Å²) in [5, 5.41) is 1.72. The first-order valence-corrected chi connectivity index (χ1v) is 15.7. The van der Waals surface area contributed by atoms with Crippen LogP contribution in [0.4, 0.5) is 5.69 Å². The fourth-order valence-corrected chi connectivity index (χ4v) is 6.46. The molecule has 0 atom stereocenters. The summed E-state index contributed by atoms with van der Waals surface area (Å²) < 4.78 is 10.1. The Kier molecular flexibility index (Phi) is 10.1. The van der Waals surface area contributed by atoms with Crippen molar-refractivity contribution in [3.8, 4) is 5.69 Å². The van der Waals surface area contributed by atoms with E-state index in [9.17, 15) is 14.4 Å². The number of para-hydroxylation sites is 2. The number of halogens is 1. The Bertz CT molecular complexity index is 1720. The van der Waals surface area contributed by atoms with Gasteiger partial charge in [0, 0.05) is 20.6 Å². The number of allylic oxidation sites excluding steroid dienone is 1. The van der Waals surface area contributed by atoms with Crippen LogP contribution >= 0.6 is 15.9 Å². The Morgan fingerprint density at radius 3 is 2.18 bits per heavy atom. The van der Waals surface area contributed by atoms with Crippen LogP contribution in [0.1, 0.15) is 24.1 Å². The first kappa shape index (κ1) is 32.1. The van der Waals surface area contributed by atoms with Gasteiger partial charge in [0.15, 0.2) is 0 Å². The number of benzene rings is 3. The number of hydrazine groups is 1. The number of ether oxygens (including phenoxy) is 1. The zero-order chi connectivity index (χ0) is 32.0. The van der Waals surface area contributed by atoms with Gasteiger partial charge in [-0.25, -0.2) is 4.68 Å². The van der Waals surface area contributed by atoms with Gasteiger partial charge in [0.25, 0.3) is 5.56 Å². The summed E-state index contributed by atoms with van der Waals surface area (Å²) in [6.07, 6.45) is 1.86. The summed E-state index contributed by atoms with van der Waals surface area (Å²) in [4.78, 5) is 41.3. The highest BCUT2D eigenvalue weighted by molar-refractivity contribution is 9.10. The van der Waals surface area contributed by atoms with Crippen LogP contribution in [0.2, 0.25) is 0 Å². The lowest BCUT2D eigenvalue weighted by Crippen LogP contribution is -2.48. The largest absolute Gasteiger partial charge is 0.459 e. The molecule has 11 heteroatoms. The van der Waals surface area contributed by atoms with E-state index in [0.717, 1.165) is 28.9 Å². The number of nitrogens with one attached hydrogen (secondary N) is 1. The minimum Gasteiger partial charge on any atom is -0.459 e. The summed E-state index contributed by atoms with van der Waals surface area (Å²) in [6, 6.07) is 28.9. The van der Waals surface area contributed by atoms with Crippen LogP contribution in [-0.4, -0.2) is 66.1 Å². The Hall–Kier alpha value is -4.35. The van der Waals surface area contributed by atoms with Crippen molar-refractivity contribution < 1.29 is 14.3 Å². The van der Waals surface area contributed by atoms with E-state index in [-0.39, 0.29) is 18.1 Å². The SMILES string of the molecule is B/C(C=O)=C(\COC(=O)C1(c2ccccc2)CCN(Cc2c(Br)c(=O)n(-c3ccccc3)n2C)CC1)N(C)Nc1ccccc1. The maximum atomic E-state index is 14.0. The number of aromatic nitrogens is 2. The molecular weight excluding hydrogens is 633 g/mol. The minimum absolute atomic E-state index is 0.0555. The van der Waals surface area contributed by atoms with Gasteiger partial charge in [-0.3, -0.25) is 34.4 Å². The summed E-state index contributed by atoms with van der Waals surface area (Å²) >= 11 is 3.55. The molecule has 0 amide bonds. The van der Waals surface area contributed by atoms with Crippen LogP contribution in [0, 0.1) is 0 Å². The number of esters is 1. The summed E-state index contributed by atoms with van der Waals surface area (Å²) in [5.41, 5.74) is 6.74. The van der Waals surface area contributed by atoms with E-state index in [0.29, 0.717) is 48.1 Å². The van der Waals surface area contributed by atoms with Crippen LogP contribution in [-0.2, 0) is 33.3 Å². The van der Waals surface area contributed by atoms with E-state index in [1.807, 2.05) is 103 Å². The van der Waals surface area contributed by atoms with E-state index in [1.54, 1.807) is 24.6 Å². The molecule has 3 aromatic carbocycles. The summed E-state index contributed by atoms with van der Waals surface area (Å²) in [6.45, 7) is 1.76. The quantitative estimate of drug-likeness (QED) is 0.0849. The molecule has 0 bridgehead atoms. The van der Waals surface area contributed by atoms with Crippen molar-refractivity contribution in [1.82, 2.24) is 19.3 Å². The van der Waals surface area contributed by atoms with Crippen LogP contribution in [0.15, 0.2) is 111 Å². The second-order valence-electron chi connectivity index (χ2n) is 11.3. The minimum atomic E-state index is -0.845. The maximum Gasteiger partial charge on any atom is 0.317 e. The summed E-state index contributed by atoms with van der Waals surface area (Å²) in [7, 11) is 5.40. The van der Waals surface area contributed by atoms with E-state index in [2.05, 4.69) is 26.3 Å². The fourth-order valence-electron chi connectivity index (χ4n) is 5.91. The van der Waals surface area contributed by atoms with Crippen molar-refractivity contribution in [2.24, 2.45) is 7.05 Å². The Balaban J connectivity index is 1.33. The molecule has 45 heavy (non-hydrogen) atoms. The van der Waals surface area contributed by atoms with Crippen LogP contribution < -0.4 is 11.0 Å². The normalized spacial score (nSPS) is 15.2. The van der Waals surface area contributed by atoms with Gasteiger partial charge in [-0.1, -0.05) is 66.7 Å². The van der Waals surface area contributed by atoms with Crippen molar-refractivity contribution in [3.63, 3.8) is 0 Å². The molecule has 1 N–H and O–H groups in total. The number of likely N-dealkylation sites (tertiary alicyclic amines) is 1. The lowest BCUT2D eigenvalue weighted by molar-refractivity contribution is -0.152. The molecule has 0 radical (unpaired) electrons. The molecule has 1 saturated heterocycles. The van der Waals surface area contributed by atoms with Gasteiger partial charge in [0.1, 0.15) is 25.2 Å². The van der Waals surface area contributed by atoms with Gasteiger partial charge < -0.3 is 4.74 Å². The lowest BCUT2D eigenvalue weighted by Gasteiger charge is -2.40. The number of nitrogens with zero attached hydrogens (tertiary/aromatic N) is 4.